The van der Waals surface area contributed by atoms with Crippen molar-refractivity contribution >= 4 is 21.5 Å². The highest BCUT2D eigenvalue weighted by atomic mass is 16.3. The molecule has 90 valence electrons. The first-order chi connectivity index (χ1) is 8.83. The van der Waals surface area contributed by atoms with E-state index >= 15 is 0 Å². The molecule has 0 aromatic heterocycles. The molecule has 0 spiro atoms. The van der Waals surface area contributed by atoms with Crippen LogP contribution >= 0.6 is 0 Å². The van der Waals surface area contributed by atoms with Crippen molar-refractivity contribution in [3.05, 3.63) is 59.7 Å². The third kappa shape index (κ3) is 1.67. The zero-order valence-corrected chi connectivity index (χ0v) is 9.93. The molecular formula is C16H14O2. The van der Waals surface area contributed by atoms with Gasteiger partial charge in [0.25, 0.3) is 0 Å². The topological polar surface area (TPSA) is 40.5 Å². The van der Waals surface area contributed by atoms with Crippen molar-refractivity contribution in [1.82, 2.24) is 0 Å². The standard InChI is InChI=1S/C16H14O2/c17-9-11-4-7-15-13(8-11)6-5-12-2-1-3-14(10-18)16(12)15/h1-8,17-18H,9-10H2. The first-order valence-electron chi connectivity index (χ1n) is 5.98. The fourth-order valence-corrected chi connectivity index (χ4v) is 2.47. The van der Waals surface area contributed by atoms with Crippen molar-refractivity contribution < 1.29 is 10.2 Å². The Balaban J connectivity index is 2.44. The molecule has 0 heterocycles. The van der Waals surface area contributed by atoms with Crippen LogP contribution in [-0.2, 0) is 13.2 Å². The van der Waals surface area contributed by atoms with Crippen LogP contribution in [0.5, 0.6) is 0 Å². The zero-order valence-electron chi connectivity index (χ0n) is 9.93. The first kappa shape index (κ1) is 11.2. The minimum atomic E-state index is 0.0399. The van der Waals surface area contributed by atoms with Gasteiger partial charge >= 0.3 is 0 Å². The van der Waals surface area contributed by atoms with Crippen LogP contribution in [0.15, 0.2) is 48.5 Å². The van der Waals surface area contributed by atoms with Gasteiger partial charge in [0, 0.05) is 0 Å². The Kier molecular flexibility index (Phi) is 2.74. The van der Waals surface area contributed by atoms with Crippen LogP contribution < -0.4 is 0 Å². The predicted molar refractivity (Wildman–Crippen MR) is 73.3 cm³/mol. The van der Waals surface area contributed by atoms with E-state index in [2.05, 4.69) is 12.1 Å². The van der Waals surface area contributed by atoms with Crippen LogP contribution in [0, 0.1) is 0 Å². The molecule has 0 aliphatic carbocycles. The largest absolute Gasteiger partial charge is 0.392 e. The van der Waals surface area contributed by atoms with Crippen LogP contribution in [0.3, 0.4) is 0 Å². The lowest BCUT2D eigenvalue weighted by atomic mass is 9.97. The van der Waals surface area contributed by atoms with Gasteiger partial charge in [0.1, 0.15) is 0 Å². The molecule has 2 heteroatoms. The van der Waals surface area contributed by atoms with Gasteiger partial charge in [0.15, 0.2) is 0 Å². The van der Waals surface area contributed by atoms with E-state index in [1.165, 1.54) is 0 Å². The maximum atomic E-state index is 9.46. The molecule has 3 aromatic carbocycles. The number of rotatable bonds is 2. The van der Waals surface area contributed by atoms with Gasteiger partial charge in [-0.25, -0.2) is 0 Å². The second kappa shape index (κ2) is 4.41. The number of aliphatic hydroxyl groups is 2. The SMILES string of the molecule is OCc1ccc2c(ccc3cccc(CO)c32)c1. The Morgan fingerprint density at radius 1 is 0.778 bits per heavy atom. The second-order valence-corrected chi connectivity index (χ2v) is 4.45. The molecule has 18 heavy (non-hydrogen) atoms. The predicted octanol–water partition coefficient (Wildman–Crippen LogP) is 2.98. The molecule has 0 bridgehead atoms. The van der Waals surface area contributed by atoms with Gasteiger partial charge in [0.2, 0.25) is 0 Å². The quantitative estimate of drug-likeness (QED) is 0.674. The molecular weight excluding hydrogens is 224 g/mol. The molecule has 3 rings (SSSR count). The van der Waals surface area contributed by atoms with Crippen LogP contribution in [0.1, 0.15) is 11.1 Å². The fourth-order valence-electron chi connectivity index (χ4n) is 2.47. The van der Waals surface area contributed by atoms with Crippen molar-refractivity contribution in [2.24, 2.45) is 0 Å². The minimum absolute atomic E-state index is 0.0399. The van der Waals surface area contributed by atoms with E-state index in [1.807, 2.05) is 36.4 Å². The van der Waals surface area contributed by atoms with Gasteiger partial charge in [0.05, 0.1) is 13.2 Å². The molecule has 0 unspecified atom stereocenters. The molecule has 0 aliphatic heterocycles. The van der Waals surface area contributed by atoms with Gasteiger partial charge in [-0.3, -0.25) is 0 Å². The Morgan fingerprint density at radius 2 is 1.61 bits per heavy atom. The van der Waals surface area contributed by atoms with Crippen LogP contribution in [-0.4, -0.2) is 10.2 Å². The minimum Gasteiger partial charge on any atom is -0.392 e. The summed E-state index contributed by atoms with van der Waals surface area (Å²) in [6.07, 6.45) is 0. The summed E-state index contributed by atoms with van der Waals surface area (Å²) in [5, 5.41) is 23.1. The summed E-state index contributed by atoms with van der Waals surface area (Å²) in [6, 6.07) is 16.0. The van der Waals surface area contributed by atoms with Crippen molar-refractivity contribution in [3.63, 3.8) is 0 Å². The monoisotopic (exact) mass is 238 g/mol. The molecule has 0 amide bonds. The summed E-state index contributed by atoms with van der Waals surface area (Å²) >= 11 is 0. The lowest BCUT2D eigenvalue weighted by Crippen LogP contribution is -1.89. The van der Waals surface area contributed by atoms with Gasteiger partial charge in [-0.05, 0) is 38.7 Å². The van der Waals surface area contributed by atoms with E-state index in [0.29, 0.717) is 0 Å². The average Bonchev–Trinajstić information content (AvgIpc) is 2.45. The van der Waals surface area contributed by atoms with Gasteiger partial charge < -0.3 is 10.2 Å². The van der Waals surface area contributed by atoms with E-state index in [1.54, 1.807) is 0 Å². The number of aliphatic hydroxyl groups excluding tert-OH is 2. The number of benzene rings is 3. The maximum absolute atomic E-state index is 9.46. The number of fused-ring (bicyclic) bond motifs is 3. The number of hydrogen-bond acceptors (Lipinski definition) is 2. The molecule has 0 aliphatic rings. The highest BCUT2D eigenvalue weighted by Crippen LogP contribution is 2.29. The van der Waals surface area contributed by atoms with Crippen LogP contribution in [0.25, 0.3) is 21.5 Å². The Labute approximate surface area is 105 Å². The van der Waals surface area contributed by atoms with Gasteiger partial charge in [-0.2, -0.15) is 0 Å². The summed E-state index contributed by atoms with van der Waals surface area (Å²) in [5.41, 5.74) is 1.85. The van der Waals surface area contributed by atoms with E-state index < -0.39 is 0 Å². The van der Waals surface area contributed by atoms with Crippen molar-refractivity contribution in [2.75, 3.05) is 0 Å². The van der Waals surface area contributed by atoms with Crippen molar-refractivity contribution in [2.45, 2.75) is 13.2 Å². The van der Waals surface area contributed by atoms with Gasteiger partial charge in [-0.15, -0.1) is 0 Å². The van der Waals surface area contributed by atoms with E-state index in [4.69, 9.17) is 0 Å². The van der Waals surface area contributed by atoms with Crippen molar-refractivity contribution in [1.29, 1.82) is 0 Å². The molecule has 0 saturated carbocycles. The fraction of sp³-hybridized carbons (Fsp3) is 0.125. The third-order valence-electron chi connectivity index (χ3n) is 3.36. The maximum Gasteiger partial charge on any atom is 0.0688 e. The molecule has 0 saturated heterocycles. The summed E-state index contributed by atoms with van der Waals surface area (Å²) in [5.74, 6) is 0. The highest BCUT2D eigenvalue weighted by molar-refractivity contribution is 6.09. The van der Waals surface area contributed by atoms with Crippen LogP contribution in [0.2, 0.25) is 0 Å². The smallest absolute Gasteiger partial charge is 0.0688 e. The molecule has 2 N–H and O–H groups in total. The Hall–Kier alpha value is -1.90. The second-order valence-electron chi connectivity index (χ2n) is 4.45. The normalized spacial score (nSPS) is 11.2. The molecule has 0 radical (unpaired) electrons. The molecule has 0 fully saturated rings. The molecule has 0 atom stereocenters. The summed E-state index contributed by atoms with van der Waals surface area (Å²) < 4.78 is 0. The van der Waals surface area contributed by atoms with Gasteiger partial charge in [-0.1, -0.05) is 42.5 Å². The average molecular weight is 238 g/mol. The van der Waals surface area contributed by atoms with E-state index in [9.17, 15) is 10.2 Å². The molecule has 2 nitrogen and oxygen atoms in total. The third-order valence-corrected chi connectivity index (χ3v) is 3.36. The Morgan fingerprint density at radius 3 is 2.39 bits per heavy atom. The summed E-state index contributed by atoms with van der Waals surface area (Å²) in [7, 11) is 0. The van der Waals surface area contributed by atoms with E-state index in [-0.39, 0.29) is 13.2 Å². The lowest BCUT2D eigenvalue weighted by Gasteiger charge is -2.09. The van der Waals surface area contributed by atoms with E-state index in [0.717, 1.165) is 32.7 Å². The zero-order chi connectivity index (χ0) is 12.5. The number of hydrogen-bond donors (Lipinski definition) is 2. The Bertz CT molecular complexity index is 717. The molecule has 3 aromatic rings. The highest BCUT2D eigenvalue weighted by Gasteiger charge is 2.05. The first-order valence-corrected chi connectivity index (χ1v) is 5.98. The summed E-state index contributed by atoms with van der Waals surface area (Å²) in [6.45, 7) is 0.0911. The van der Waals surface area contributed by atoms with Crippen LogP contribution in [0.4, 0.5) is 0 Å². The van der Waals surface area contributed by atoms with Crippen molar-refractivity contribution in [3.8, 4) is 0 Å². The lowest BCUT2D eigenvalue weighted by molar-refractivity contribution is 0.282. The summed E-state index contributed by atoms with van der Waals surface area (Å²) in [4.78, 5) is 0.